The first-order valence-corrected chi connectivity index (χ1v) is 5.65. The van der Waals surface area contributed by atoms with E-state index in [1.54, 1.807) is 12.1 Å². The minimum absolute atomic E-state index is 0.0126. The number of nitrogens with zero attached hydrogens (tertiary/aromatic N) is 1. The van der Waals surface area contributed by atoms with Gasteiger partial charge in [-0.25, -0.2) is 14.2 Å². The number of para-hydroxylation sites is 1. The van der Waals surface area contributed by atoms with Gasteiger partial charge in [-0.05, 0) is 24.3 Å². The van der Waals surface area contributed by atoms with Gasteiger partial charge in [0, 0.05) is 0 Å². The smallest absolute Gasteiger partial charge is 0.275 e. The first kappa shape index (κ1) is 13.7. The number of aromatic hydroxyl groups is 1. The Labute approximate surface area is 113 Å². The van der Waals surface area contributed by atoms with E-state index < -0.39 is 17.5 Å². The summed E-state index contributed by atoms with van der Waals surface area (Å²) < 4.78 is 26.6. The van der Waals surface area contributed by atoms with E-state index in [1.165, 1.54) is 18.2 Å². The second-order valence-electron chi connectivity index (χ2n) is 3.85. The minimum atomic E-state index is -0.787. The number of nitrogens with one attached hydrogen (secondary N) is 1. The van der Waals surface area contributed by atoms with Crippen molar-refractivity contribution in [1.29, 1.82) is 0 Å². The molecule has 0 aliphatic rings. The Morgan fingerprint density at radius 3 is 2.40 bits per heavy atom. The van der Waals surface area contributed by atoms with Crippen LogP contribution in [-0.2, 0) is 0 Å². The number of amides is 1. The lowest BCUT2D eigenvalue weighted by Gasteiger charge is -2.02. The molecule has 0 bridgehead atoms. The lowest BCUT2D eigenvalue weighted by atomic mass is 10.2. The Morgan fingerprint density at radius 1 is 1.10 bits per heavy atom. The van der Waals surface area contributed by atoms with Gasteiger partial charge in [0.15, 0.2) is 0 Å². The molecule has 0 spiro atoms. The van der Waals surface area contributed by atoms with Gasteiger partial charge >= 0.3 is 0 Å². The topological polar surface area (TPSA) is 61.7 Å². The second-order valence-corrected chi connectivity index (χ2v) is 3.85. The first-order valence-electron chi connectivity index (χ1n) is 5.65. The van der Waals surface area contributed by atoms with Crippen molar-refractivity contribution in [2.75, 3.05) is 0 Å². The summed E-state index contributed by atoms with van der Waals surface area (Å²) >= 11 is 0. The number of phenolic OH excluding ortho intramolecular Hbond substituents is 1. The summed E-state index contributed by atoms with van der Waals surface area (Å²) in [4.78, 5) is 11.7. The van der Waals surface area contributed by atoms with Gasteiger partial charge in [-0.2, -0.15) is 5.10 Å². The van der Waals surface area contributed by atoms with E-state index >= 15 is 0 Å². The number of hydrazone groups is 1. The number of hydrogen-bond donors (Lipinski definition) is 2. The van der Waals surface area contributed by atoms with Gasteiger partial charge in [-0.15, -0.1) is 0 Å². The third kappa shape index (κ3) is 2.97. The molecule has 0 aliphatic carbocycles. The maximum Gasteiger partial charge on any atom is 0.275 e. The first-order chi connectivity index (χ1) is 9.59. The largest absolute Gasteiger partial charge is 0.507 e. The number of hydrogen-bond acceptors (Lipinski definition) is 3. The summed E-state index contributed by atoms with van der Waals surface area (Å²) in [5.74, 6) is -2.47. The monoisotopic (exact) mass is 276 g/mol. The van der Waals surface area contributed by atoms with Crippen LogP contribution in [0.25, 0.3) is 0 Å². The summed E-state index contributed by atoms with van der Waals surface area (Å²) in [7, 11) is 0. The molecule has 2 aromatic rings. The molecule has 0 saturated carbocycles. The molecule has 2 N–H and O–H groups in total. The molecule has 2 aromatic carbocycles. The molecule has 1 amide bonds. The van der Waals surface area contributed by atoms with Crippen molar-refractivity contribution >= 4 is 12.1 Å². The van der Waals surface area contributed by atoms with Crippen LogP contribution < -0.4 is 5.43 Å². The number of phenols is 1. The molecule has 102 valence electrons. The highest BCUT2D eigenvalue weighted by Crippen LogP contribution is 2.15. The average molecular weight is 276 g/mol. The molecule has 2 rings (SSSR count). The SMILES string of the molecule is O=C(N/N=C\c1c(F)cccc1F)c1ccccc1O. The van der Waals surface area contributed by atoms with E-state index in [2.05, 4.69) is 10.5 Å². The van der Waals surface area contributed by atoms with Crippen LogP contribution >= 0.6 is 0 Å². The van der Waals surface area contributed by atoms with E-state index in [-0.39, 0.29) is 16.9 Å². The molecular weight excluding hydrogens is 266 g/mol. The lowest BCUT2D eigenvalue weighted by molar-refractivity contribution is 0.0952. The molecule has 20 heavy (non-hydrogen) atoms. The normalized spacial score (nSPS) is 10.7. The highest BCUT2D eigenvalue weighted by atomic mass is 19.1. The van der Waals surface area contributed by atoms with Gasteiger partial charge in [0.2, 0.25) is 0 Å². The molecule has 0 heterocycles. The van der Waals surface area contributed by atoms with Crippen LogP contribution in [0.4, 0.5) is 8.78 Å². The molecule has 0 radical (unpaired) electrons. The Kier molecular flexibility index (Phi) is 4.05. The molecule has 0 fully saturated rings. The lowest BCUT2D eigenvalue weighted by Crippen LogP contribution is -2.17. The van der Waals surface area contributed by atoms with E-state index in [1.807, 2.05) is 0 Å². The van der Waals surface area contributed by atoms with Gasteiger partial charge in [0.1, 0.15) is 17.4 Å². The zero-order valence-corrected chi connectivity index (χ0v) is 10.2. The van der Waals surface area contributed by atoms with E-state index in [9.17, 15) is 18.7 Å². The molecule has 0 aliphatic heterocycles. The second kappa shape index (κ2) is 5.92. The molecule has 0 atom stereocenters. The molecular formula is C14H10F2N2O2. The molecule has 0 unspecified atom stereocenters. The molecule has 6 heteroatoms. The quantitative estimate of drug-likeness (QED) is 0.668. The molecule has 4 nitrogen and oxygen atoms in total. The van der Waals surface area contributed by atoms with E-state index in [0.717, 1.165) is 18.3 Å². The summed E-state index contributed by atoms with van der Waals surface area (Å²) in [5.41, 5.74) is 1.74. The Morgan fingerprint density at radius 2 is 1.75 bits per heavy atom. The van der Waals surface area contributed by atoms with Gasteiger partial charge in [-0.1, -0.05) is 18.2 Å². The Balaban J connectivity index is 2.11. The van der Waals surface area contributed by atoms with Crippen molar-refractivity contribution in [1.82, 2.24) is 5.43 Å². The van der Waals surface area contributed by atoms with Gasteiger partial charge in [0.05, 0.1) is 17.3 Å². The van der Waals surface area contributed by atoms with Crippen molar-refractivity contribution in [2.45, 2.75) is 0 Å². The summed E-state index contributed by atoms with van der Waals surface area (Å²) in [6.07, 6.45) is 0.864. The van der Waals surface area contributed by atoms with Crippen LogP contribution in [0.5, 0.6) is 5.75 Å². The van der Waals surface area contributed by atoms with E-state index in [4.69, 9.17) is 0 Å². The van der Waals surface area contributed by atoms with Crippen LogP contribution in [0.15, 0.2) is 47.6 Å². The zero-order valence-electron chi connectivity index (χ0n) is 10.2. The summed E-state index contributed by atoms with van der Waals surface area (Å²) in [6, 6.07) is 9.24. The maximum absolute atomic E-state index is 13.3. The highest BCUT2D eigenvalue weighted by molar-refractivity contribution is 5.97. The molecule has 0 saturated heterocycles. The zero-order chi connectivity index (χ0) is 14.5. The van der Waals surface area contributed by atoms with Crippen LogP contribution in [-0.4, -0.2) is 17.2 Å². The fraction of sp³-hybridized carbons (Fsp3) is 0. The number of halogens is 2. The van der Waals surface area contributed by atoms with Crippen LogP contribution in [0.2, 0.25) is 0 Å². The van der Waals surface area contributed by atoms with Crippen molar-refractivity contribution < 1.29 is 18.7 Å². The summed E-state index contributed by atoms with van der Waals surface area (Å²) in [5, 5.41) is 12.9. The van der Waals surface area contributed by atoms with Crippen molar-refractivity contribution in [3.8, 4) is 5.75 Å². The van der Waals surface area contributed by atoms with Crippen LogP contribution in [0.3, 0.4) is 0 Å². The highest BCUT2D eigenvalue weighted by Gasteiger charge is 2.09. The third-order valence-electron chi connectivity index (χ3n) is 2.51. The average Bonchev–Trinajstić information content (AvgIpc) is 2.42. The standard InChI is InChI=1S/C14H10F2N2O2/c15-11-5-3-6-12(16)10(11)8-17-18-14(20)9-4-1-2-7-13(9)19/h1-8,19H,(H,18,20)/b17-8-. The van der Waals surface area contributed by atoms with Gasteiger partial charge in [-0.3, -0.25) is 4.79 Å². The van der Waals surface area contributed by atoms with Gasteiger partial charge in [0.25, 0.3) is 5.91 Å². The van der Waals surface area contributed by atoms with E-state index in [0.29, 0.717) is 0 Å². The number of rotatable bonds is 3. The maximum atomic E-state index is 13.3. The predicted octanol–water partition coefficient (Wildman–Crippen LogP) is 2.43. The fourth-order valence-electron chi connectivity index (χ4n) is 1.52. The third-order valence-corrected chi connectivity index (χ3v) is 2.51. The Bertz CT molecular complexity index is 652. The fourth-order valence-corrected chi connectivity index (χ4v) is 1.52. The van der Waals surface area contributed by atoms with Crippen molar-refractivity contribution in [3.05, 3.63) is 65.2 Å². The predicted molar refractivity (Wildman–Crippen MR) is 69.5 cm³/mol. The number of carbonyl (C=O) groups is 1. The van der Waals surface area contributed by atoms with Crippen LogP contribution in [0, 0.1) is 11.6 Å². The van der Waals surface area contributed by atoms with Gasteiger partial charge < -0.3 is 5.11 Å². The summed E-state index contributed by atoms with van der Waals surface area (Å²) in [6.45, 7) is 0. The minimum Gasteiger partial charge on any atom is -0.507 e. The number of benzene rings is 2. The number of carbonyl (C=O) groups excluding carboxylic acids is 1. The van der Waals surface area contributed by atoms with Crippen LogP contribution in [0.1, 0.15) is 15.9 Å². The molecule has 0 aromatic heterocycles. The van der Waals surface area contributed by atoms with Crippen molar-refractivity contribution in [3.63, 3.8) is 0 Å². The Hall–Kier alpha value is -2.76. The van der Waals surface area contributed by atoms with Crippen molar-refractivity contribution in [2.24, 2.45) is 5.10 Å².